The Hall–Kier alpha value is -2.03. The third-order valence-corrected chi connectivity index (χ3v) is 7.46. The van der Waals surface area contributed by atoms with E-state index in [1.54, 1.807) is 18.4 Å². The van der Waals surface area contributed by atoms with Gasteiger partial charge in [0.2, 0.25) is 0 Å². The fourth-order valence-corrected chi connectivity index (χ4v) is 5.06. The van der Waals surface area contributed by atoms with Crippen molar-refractivity contribution in [3.05, 3.63) is 39.7 Å². The zero-order valence-corrected chi connectivity index (χ0v) is 25.7. The van der Waals surface area contributed by atoms with E-state index in [0.717, 1.165) is 54.6 Å². The van der Waals surface area contributed by atoms with Gasteiger partial charge in [0.25, 0.3) is 0 Å². The molecule has 0 amide bonds. The Balaban J connectivity index is 0.000000603. The predicted molar refractivity (Wildman–Crippen MR) is 158 cm³/mol. The highest BCUT2D eigenvalue weighted by atomic mass is 32.1. The monoisotopic (exact) mass is 513 g/mol. The molecular weight excluding hydrogens is 462 g/mol. The molecule has 5 heteroatoms. The quantitative estimate of drug-likeness (QED) is 0.317. The van der Waals surface area contributed by atoms with Gasteiger partial charge in [0.1, 0.15) is 5.69 Å². The van der Waals surface area contributed by atoms with Crippen molar-refractivity contribution in [3.63, 3.8) is 0 Å². The number of nitriles is 1. The fourth-order valence-electron chi connectivity index (χ4n) is 3.99. The molecule has 4 nitrogen and oxygen atoms in total. The number of hydrogen-bond donors (Lipinski definition) is 0. The van der Waals surface area contributed by atoms with Crippen molar-refractivity contribution in [2.45, 2.75) is 108 Å². The Kier molecular flexibility index (Phi) is 18.1. The second-order valence-corrected chi connectivity index (χ2v) is 10.7. The molecule has 0 radical (unpaired) electrons. The van der Waals surface area contributed by atoms with Crippen LogP contribution in [-0.2, 0) is 4.74 Å². The zero-order valence-electron chi connectivity index (χ0n) is 24.9. The number of aryl methyl sites for hydroxylation is 4. The van der Waals surface area contributed by atoms with Gasteiger partial charge in [-0.05, 0) is 83.9 Å². The smallest absolute Gasteiger partial charge is 0.102 e. The molecule has 2 unspecified atom stereocenters. The first-order valence-electron chi connectivity index (χ1n) is 13.6. The molecule has 2 atom stereocenters. The van der Waals surface area contributed by atoms with Crippen molar-refractivity contribution in [2.24, 2.45) is 11.8 Å². The number of nitrogens with zero attached hydrogens (tertiary/aromatic N) is 3. The summed E-state index contributed by atoms with van der Waals surface area (Å²) in [5.74, 6) is 1.10. The number of methoxy groups -OCH3 is 1. The molecule has 0 aliphatic carbocycles. The maximum atomic E-state index is 8.41. The molecule has 2 aromatic rings. The second kappa shape index (κ2) is 19.1. The Bertz CT molecular complexity index is 949. The van der Waals surface area contributed by atoms with Crippen molar-refractivity contribution in [1.82, 2.24) is 9.97 Å². The summed E-state index contributed by atoms with van der Waals surface area (Å²) in [6.07, 6.45) is 9.12. The van der Waals surface area contributed by atoms with Gasteiger partial charge < -0.3 is 4.74 Å². The first kappa shape index (κ1) is 34.0. The SMILES string of the molecule is C/C=C(/C)c1nc(-c2sc(C)cc2C)c(C)nc1C.CCCC(C#N)CC.CCCC(CC)COC. The van der Waals surface area contributed by atoms with Crippen molar-refractivity contribution >= 4 is 16.9 Å². The number of allylic oxidation sites excluding steroid dienone is 2. The first-order valence-corrected chi connectivity index (χ1v) is 14.4. The lowest BCUT2D eigenvalue weighted by atomic mass is 10.0. The minimum atomic E-state index is 0.306. The van der Waals surface area contributed by atoms with Crippen molar-refractivity contribution < 1.29 is 4.74 Å². The van der Waals surface area contributed by atoms with Gasteiger partial charge in [-0.15, -0.1) is 11.3 Å². The van der Waals surface area contributed by atoms with Gasteiger partial charge >= 0.3 is 0 Å². The van der Waals surface area contributed by atoms with Crippen molar-refractivity contribution in [2.75, 3.05) is 13.7 Å². The minimum absolute atomic E-state index is 0.306. The van der Waals surface area contributed by atoms with Crippen molar-refractivity contribution in [1.29, 1.82) is 5.26 Å². The summed E-state index contributed by atoms with van der Waals surface area (Å²) < 4.78 is 5.05. The molecule has 0 saturated heterocycles. The third kappa shape index (κ3) is 11.8. The number of rotatable bonds is 10. The average Bonchev–Trinajstić information content (AvgIpc) is 3.20. The van der Waals surface area contributed by atoms with Crippen LogP contribution in [0.4, 0.5) is 0 Å². The Labute approximate surface area is 226 Å². The number of ether oxygens (including phenoxy) is 1. The van der Waals surface area contributed by atoms with Crippen LogP contribution in [0.1, 0.15) is 108 Å². The Morgan fingerprint density at radius 3 is 2.06 bits per heavy atom. The highest BCUT2D eigenvalue weighted by molar-refractivity contribution is 7.15. The molecule has 0 N–H and O–H groups in total. The van der Waals surface area contributed by atoms with E-state index in [1.165, 1.54) is 40.2 Å². The normalized spacial score (nSPS) is 12.6. The van der Waals surface area contributed by atoms with Crippen molar-refractivity contribution in [3.8, 4) is 16.6 Å². The Morgan fingerprint density at radius 2 is 1.67 bits per heavy atom. The van der Waals surface area contributed by atoms with E-state index < -0.39 is 0 Å². The number of aromatic nitrogens is 2. The standard InChI is InChI=1S/C16H20N2S.C8H18O.C7H13N/c1-7-9(2)14-12(5)17-13(6)15(18-14)16-10(3)8-11(4)19-16;1-4-6-8(5-2)7-9-3;1-3-5-7(4-2)6-8/h7-8H,1-6H3;8H,4-7H2,1-3H3;7H,3-5H2,1-2H3/b9-7-;;. The fraction of sp³-hybridized carbons (Fsp3) is 0.645. The molecule has 202 valence electrons. The third-order valence-electron chi connectivity index (χ3n) is 6.30. The molecule has 36 heavy (non-hydrogen) atoms. The number of thiophene rings is 1. The molecule has 0 aliphatic heterocycles. The molecule has 0 aromatic carbocycles. The summed E-state index contributed by atoms with van der Waals surface area (Å²) in [4.78, 5) is 12.1. The maximum absolute atomic E-state index is 8.41. The van der Waals surface area contributed by atoms with Crippen LogP contribution in [-0.4, -0.2) is 23.7 Å². The highest BCUT2D eigenvalue weighted by Gasteiger charge is 2.14. The van der Waals surface area contributed by atoms with Gasteiger partial charge in [-0.3, -0.25) is 4.98 Å². The van der Waals surface area contributed by atoms with E-state index >= 15 is 0 Å². The van der Waals surface area contributed by atoms with E-state index in [4.69, 9.17) is 15.0 Å². The molecule has 2 heterocycles. The van der Waals surface area contributed by atoms with E-state index in [-0.39, 0.29) is 0 Å². The van der Waals surface area contributed by atoms with Gasteiger partial charge in [0.15, 0.2) is 0 Å². The maximum Gasteiger partial charge on any atom is 0.102 e. The molecular formula is C31H51N3OS. The lowest BCUT2D eigenvalue weighted by Gasteiger charge is -2.10. The van der Waals surface area contributed by atoms with Crippen LogP contribution in [0.15, 0.2) is 12.1 Å². The van der Waals surface area contributed by atoms with Crippen LogP contribution >= 0.6 is 11.3 Å². The molecule has 0 bridgehead atoms. The number of hydrogen-bond acceptors (Lipinski definition) is 5. The zero-order chi connectivity index (χ0) is 27.7. The van der Waals surface area contributed by atoms with Gasteiger partial charge in [-0.1, -0.05) is 53.0 Å². The van der Waals surface area contributed by atoms with E-state index in [2.05, 4.69) is 71.7 Å². The van der Waals surface area contributed by atoms with Crippen LogP contribution in [0.25, 0.3) is 16.1 Å². The van der Waals surface area contributed by atoms with Gasteiger partial charge in [0, 0.05) is 24.5 Å². The topological polar surface area (TPSA) is 58.8 Å². The first-order chi connectivity index (χ1) is 17.1. The van der Waals surface area contributed by atoms with E-state index in [1.807, 2.05) is 20.8 Å². The van der Waals surface area contributed by atoms with E-state index in [0.29, 0.717) is 5.92 Å². The van der Waals surface area contributed by atoms with Crippen LogP contribution in [0.5, 0.6) is 0 Å². The van der Waals surface area contributed by atoms with Gasteiger partial charge in [0.05, 0.1) is 28.0 Å². The highest BCUT2D eigenvalue weighted by Crippen LogP contribution is 2.33. The van der Waals surface area contributed by atoms with Gasteiger partial charge in [-0.2, -0.15) is 5.26 Å². The predicted octanol–water partition coefficient (Wildman–Crippen LogP) is 9.66. The summed E-state index contributed by atoms with van der Waals surface area (Å²) in [6, 6.07) is 4.46. The minimum Gasteiger partial charge on any atom is -0.384 e. The lowest BCUT2D eigenvalue weighted by Crippen LogP contribution is -2.05. The molecule has 0 spiro atoms. The summed E-state index contributed by atoms with van der Waals surface area (Å²) in [7, 11) is 1.78. The van der Waals surface area contributed by atoms with Gasteiger partial charge in [-0.25, -0.2) is 4.98 Å². The average molecular weight is 514 g/mol. The summed E-state index contributed by atoms with van der Waals surface area (Å²) in [6.45, 7) is 22.0. The molecule has 2 rings (SSSR count). The summed E-state index contributed by atoms with van der Waals surface area (Å²) in [5, 5.41) is 8.41. The summed E-state index contributed by atoms with van der Waals surface area (Å²) >= 11 is 1.79. The lowest BCUT2D eigenvalue weighted by molar-refractivity contribution is 0.145. The van der Waals surface area contributed by atoms with Crippen LogP contribution in [0.3, 0.4) is 0 Å². The molecule has 2 aromatic heterocycles. The largest absolute Gasteiger partial charge is 0.384 e. The van der Waals surface area contributed by atoms with Crippen LogP contribution in [0, 0.1) is 50.9 Å². The molecule has 0 aliphatic rings. The van der Waals surface area contributed by atoms with E-state index in [9.17, 15) is 0 Å². The molecule has 0 fully saturated rings. The second-order valence-electron chi connectivity index (χ2n) is 9.47. The van der Waals surface area contributed by atoms with Crippen LogP contribution in [0.2, 0.25) is 0 Å². The Morgan fingerprint density at radius 1 is 1.03 bits per heavy atom. The summed E-state index contributed by atoms with van der Waals surface area (Å²) in [5.41, 5.74) is 6.51. The molecule has 0 saturated carbocycles. The van der Waals surface area contributed by atoms with Crippen LogP contribution < -0.4 is 0 Å².